The molecule has 4 amide bonds. The van der Waals surface area contributed by atoms with Gasteiger partial charge in [-0.3, -0.25) is 19.1 Å². The molecule has 346 valence electrons. The number of rotatable bonds is 8. The van der Waals surface area contributed by atoms with E-state index in [4.69, 9.17) is 28.6 Å². The van der Waals surface area contributed by atoms with Crippen LogP contribution in [0.5, 0.6) is 5.88 Å². The average molecular weight is 911 g/mol. The second-order valence-electron chi connectivity index (χ2n) is 19.6. The van der Waals surface area contributed by atoms with Gasteiger partial charge in [-0.05, 0) is 68.6 Å². The first-order chi connectivity index (χ1) is 31.0. The van der Waals surface area contributed by atoms with Crippen molar-refractivity contribution >= 4 is 55.9 Å². The van der Waals surface area contributed by atoms with Gasteiger partial charge in [0.25, 0.3) is 11.8 Å². The van der Waals surface area contributed by atoms with E-state index in [1.807, 2.05) is 60.7 Å². The molecule has 0 unspecified atom stereocenters. The van der Waals surface area contributed by atoms with Gasteiger partial charge in [-0.15, -0.1) is 0 Å². The summed E-state index contributed by atoms with van der Waals surface area (Å²) in [6, 6.07) is 13.3. The molecule has 17 heteroatoms. The maximum atomic E-state index is 14.9. The van der Waals surface area contributed by atoms with Gasteiger partial charge in [0.1, 0.15) is 40.9 Å². The Hall–Kier alpha value is -5.55. The third-order valence-electron chi connectivity index (χ3n) is 13.7. The second-order valence-corrected chi connectivity index (χ2v) is 21.8. The summed E-state index contributed by atoms with van der Waals surface area (Å²) >= 11 is 0. The summed E-state index contributed by atoms with van der Waals surface area (Å²) in [6.45, 7) is 8.85. The van der Waals surface area contributed by atoms with Crippen LogP contribution in [0.2, 0.25) is 0 Å². The van der Waals surface area contributed by atoms with Crippen LogP contribution in [0.1, 0.15) is 104 Å². The van der Waals surface area contributed by atoms with E-state index in [2.05, 4.69) is 36.1 Å². The smallest absolute Gasteiger partial charge is 0.408 e. The Balaban J connectivity index is 1.05. The zero-order chi connectivity index (χ0) is 45.7. The highest BCUT2D eigenvalue weighted by molar-refractivity contribution is 7.91. The number of para-hydroxylation sites is 1. The van der Waals surface area contributed by atoms with E-state index in [1.165, 1.54) is 4.90 Å². The number of carbonyl (C=O) groups is 4. The lowest BCUT2D eigenvalue weighted by Crippen LogP contribution is -2.58. The van der Waals surface area contributed by atoms with Crippen molar-refractivity contribution in [2.24, 2.45) is 5.92 Å². The van der Waals surface area contributed by atoms with Gasteiger partial charge in [0.15, 0.2) is 5.82 Å². The summed E-state index contributed by atoms with van der Waals surface area (Å²) in [5.41, 5.74) is 1.66. The zero-order valence-corrected chi connectivity index (χ0v) is 38.2. The Morgan fingerprint density at radius 3 is 2.45 bits per heavy atom. The van der Waals surface area contributed by atoms with Crippen LogP contribution < -0.4 is 20.1 Å². The second kappa shape index (κ2) is 17.3. The van der Waals surface area contributed by atoms with E-state index in [0.29, 0.717) is 74.2 Å². The third-order valence-corrected chi connectivity index (χ3v) is 15.8. The molecule has 9 rings (SSSR count). The first kappa shape index (κ1) is 44.6. The molecule has 4 aromatic rings. The predicted molar refractivity (Wildman–Crippen MR) is 241 cm³/mol. The van der Waals surface area contributed by atoms with Crippen LogP contribution in [-0.4, -0.2) is 101 Å². The van der Waals surface area contributed by atoms with Gasteiger partial charge in [0, 0.05) is 36.1 Å². The first-order valence-corrected chi connectivity index (χ1v) is 24.4. The molecular formula is C48H58N6O10S. The predicted octanol–water partition coefficient (Wildman–Crippen LogP) is 6.36. The molecule has 3 N–H and O–H groups in total. The molecule has 16 nitrogen and oxygen atoms in total. The first-order valence-electron chi connectivity index (χ1n) is 22.9. The molecule has 2 saturated carbocycles. The Morgan fingerprint density at radius 2 is 1.71 bits per heavy atom. The molecule has 5 aliphatic rings. The third kappa shape index (κ3) is 9.18. The fourth-order valence-corrected chi connectivity index (χ4v) is 10.4. The van der Waals surface area contributed by atoms with Gasteiger partial charge in [-0.2, -0.15) is 4.98 Å². The number of hydrogen-bond donors (Lipinski definition) is 3. The average Bonchev–Trinajstić information content (AvgIpc) is 4.10. The van der Waals surface area contributed by atoms with Crippen LogP contribution in [0.25, 0.3) is 33.5 Å². The number of benzene rings is 2. The van der Waals surface area contributed by atoms with E-state index in [1.54, 1.807) is 6.92 Å². The van der Waals surface area contributed by atoms with Crippen LogP contribution in [0.4, 0.5) is 4.79 Å². The van der Waals surface area contributed by atoms with E-state index < -0.39 is 68.2 Å². The Morgan fingerprint density at radius 1 is 0.954 bits per heavy atom. The van der Waals surface area contributed by atoms with Crippen molar-refractivity contribution < 1.29 is 46.2 Å². The molecule has 0 spiro atoms. The Kier molecular flexibility index (Phi) is 11.9. The normalized spacial score (nSPS) is 26.8. The van der Waals surface area contributed by atoms with Crippen molar-refractivity contribution in [1.29, 1.82) is 0 Å². The van der Waals surface area contributed by atoms with Crippen LogP contribution in [0, 0.1) is 5.92 Å². The number of allylic oxidation sites excluding steroid dienone is 1. The minimum absolute atomic E-state index is 0.0211. The molecule has 3 aliphatic heterocycles. The van der Waals surface area contributed by atoms with E-state index >= 15 is 0 Å². The largest absolute Gasteiger partial charge is 0.470 e. The number of furan rings is 1. The van der Waals surface area contributed by atoms with E-state index in [0.717, 1.165) is 29.4 Å². The molecule has 2 aromatic heterocycles. The molecule has 2 saturated heterocycles. The van der Waals surface area contributed by atoms with Crippen LogP contribution >= 0.6 is 0 Å². The number of ether oxygens (including phenoxy) is 3. The summed E-state index contributed by atoms with van der Waals surface area (Å²) in [5.74, 6) is -1.93. The van der Waals surface area contributed by atoms with Crippen LogP contribution in [0.15, 0.2) is 65.1 Å². The van der Waals surface area contributed by atoms with Crippen molar-refractivity contribution in [3.8, 4) is 17.3 Å². The minimum atomic E-state index is -4.03. The number of nitrogens with zero attached hydrogens (tertiary/aromatic N) is 3. The lowest BCUT2D eigenvalue weighted by Gasteiger charge is -2.30. The minimum Gasteiger partial charge on any atom is -0.470 e. The highest BCUT2D eigenvalue weighted by atomic mass is 32.2. The van der Waals surface area contributed by atoms with Crippen molar-refractivity contribution in [3.63, 3.8) is 0 Å². The molecule has 65 heavy (non-hydrogen) atoms. The number of alkyl carbamates (subject to hydrolysis) is 1. The molecule has 5 atom stereocenters. The molecule has 5 heterocycles. The number of amides is 4. The van der Waals surface area contributed by atoms with Crippen molar-refractivity contribution in [3.05, 3.63) is 66.2 Å². The molecular weight excluding hydrogens is 853 g/mol. The fraction of sp³-hybridized carbons (Fsp3) is 0.542. The van der Waals surface area contributed by atoms with Crippen LogP contribution in [0.3, 0.4) is 0 Å². The molecule has 2 aliphatic carbocycles. The Bertz CT molecular complexity index is 2630. The quantitative estimate of drug-likeness (QED) is 0.165. The van der Waals surface area contributed by atoms with Gasteiger partial charge in [0.05, 0.1) is 24.5 Å². The van der Waals surface area contributed by atoms with Gasteiger partial charge < -0.3 is 34.2 Å². The summed E-state index contributed by atoms with van der Waals surface area (Å²) < 4.78 is 52.1. The Labute approximate surface area is 378 Å². The number of carbonyl (C=O) groups excluding carboxylic acids is 4. The van der Waals surface area contributed by atoms with Gasteiger partial charge in [-0.1, -0.05) is 82.2 Å². The van der Waals surface area contributed by atoms with Crippen molar-refractivity contribution in [2.45, 2.75) is 138 Å². The molecule has 0 bridgehead atoms. The van der Waals surface area contributed by atoms with E-state index in [9.17, 15) is 27.6 Å². The molecule has 4 fully saturated rings. The topological polar surface area (TPSA) is 208 Å². The molecule has 2 aromatic carbocycles. The maximum Gasteiger partial charge on any atom is 0.408 e. The standard InChI is InChI=1S/C48H58N6O10S/c1-46(2,3)30-18-16-29(17-19-30)40-50-38-34-13-10-11-15-37(34)64-39(38)42(51-40)62-33-26-36-41(55)52-48(44(57)53-65(59,60)47(4)22-23-47)27-31(48)12-8-6-5-7-9-14-35(43(56)54(36)28-33)49-45(58)63-32-20-24-61-25-21-32/h8,10-13,15-19,31-33,35-36H,5-7,9,14,20-28H2,1-4H3,(H,49,58)(H,52,55)(H,53,57)/b12-8-/t31-,33-,35+,36+,48-/m1/s1. The monoisotopic (exact) mass is 910 g/mol. The SMILES string of the molecule is CC(C)(C)c1ccc(-c2nc(O[C@@H]3C[C@H]4C(=O)N[C@]5(C(=O)NS(=O)(=O)C6(C)CC6)C[C@H]5/C=C\CCCCC[C@H](NC(=O)OC5CCOCC5)C(=O)N4C3)c3oc4ccccc4c3n2)cc1. The van der Waals surface area contributed by atoms with Gasteiger partial charge in [0.2, 0.25) is 27.4 Å². The number of aromatic nitrogens is 2. The number of sulfonamides is 1. The van der Waals surface area contributed by atoms with Crippen molar-refractivity contribution in [2.75, 3.05) is 19.8 Å². The summed E-state index contributed by atoms with van der Waals surface area (Å²) in [4.78, 5) is 68.4. The van der Waals surface area contributed by atoms with E-state index in [-0.39, 0.29) is 43.2 Å². The fourth-order valence-electron chi connectivity index (χ4n) is 9.12. The zero-order valence-electron chi connectivity index (χ0n) is 37.4. The summed E-state index contributed by atoms with van der Waals surface area (Å²) in [5, 5.41) is 6.50. The lowest BCUT2D eigenvalue weighted by atomic mass is 9.87. The van der Waals surface area contributed by atoms with Crippen LogP contribution in [-0.2, 0) is 39.3 Å². The molecule has 0 radical (unpaired) electrons. The maximum absolute atomic E-state index is 14.9. The van der Waals surface area contributed by atoms with Gasteiger partial charge in [-0.25, -0.2) is 18.2 Å². The number of hydrogen-bond acceptors (Lipinski definition) is 12. The lowest BCUT2D eigenvalue weighted by molar-refractivity contribution is -0.141. The number of nitrogens with one attached hydrogen (secondary N) is 3. The van der Waals surface area contributed by atoms with Gasteiger partial charge >= 0.3 is 6.09 Å². The van der Waals surface area contributed by atoms with Crippen molar-refractivity contribution in [1.82, 2.24) is 30.2 Å². The number of fused-ring (bicyclic) bond motifs is 5. The summed E-state index contributed by atoms with van der Waals surface area (Å²) in [6.07, 6.45) is 7.07. The summed E-state index contributed by atoms with van der Waals surface area (Å²) in [7, 11) is -4.03. The highest BCUT2D eigenvalue weighted by Gasteiger charge is 2.63. The highest BCUT2D eigenvalue weighted by Crippen LogP contribution is 2.48.